The van der Waals surface area contributed by atoms with Gasteiger partial charge in [-0.15, -0.1) is 0 Å². The Hall–Kier alpha value is 0.120. The van der Waals surface area contributed by atoms with Crippen LogP contribution in [0.5, 0.6) is 0 Å². The SMILES string of the molecule is C=C(C)C=[CH][In+][CH]=CC(=C)C.[Cl-]. The smallest absolute Gasteiger partial charge is 1.00 e. The standard InChI is InChI=1S/2C5H7.ClH.In/c2*1-4-5(2)3;;/h2*1,4H,2H2,3H3;1H;/q;;;+1/p-1. The normalized spacial score (nSPS) is 9.50. The van der Waals surface area contributed by atoms with E-state index in [1.165, 1.54) is 0 Å². The van der Waals surface area contributed by atoms with Crippen LogP contribution >= 0.6 is 0 Å². The van der Waals surface area contributed by atoms with Crippen LogP contribution in [-0.4, -0.2) is 22.9 Å². The summed E-state index contributed by atoms with van der Waals surface area (Å²) in [5.74, 6) is 0. The number of hydrogen-bond donors (Lipinski definition) is 0. The van der Waals surface area contributed by atoms with Crippen molar-refractivity contribution in [2.24, 2.45) is 0 Å². The Morgan fingerprint density at radius 1 is 1.00 bits per heavy atom. The molecule has 0 unspecified atom stereocenters. The first kappa shape index (κ1) is 14.6. The maximum absolute atomic E-state index is 3.79. The maximum atomic E-state index is 3.79. The molecule has 0 nitrogen and oxygen atoms in total. The first-order valence-corrected chi connectivity index (χ1v) is 7.42. The molecule has 0 amide bonds. The molecule has 0 aromatic heterocycles. The fraction of sp³-hybridized carbons (Fsp3) is 0.200. The van der Waals surface area contributed by atoms with Crippen LogP contribution in [0.15, 0.2) is 44.1 Å². The van der Waals surface area contributed by atoms with E-state index in [0.29, 0.717) is 0 Å². The van der Waals surface area contributed by atoms with Crippen LogP contribution in [0.3, 0.4) is 0 Å². The number of halogens is 1. The molecule has 0 saturated heterocycles. The Morgan fingerprint density at radius 2 is 1.33 bits per heavy atom. The summed E-state index contributed by atoms with van der Waals surface area (Å²) in [6, 6.07) is 0. The molecule has 0 aliphatic carbocycles. The fourth-order valence-corrected chi connectivity index (χ4v) is 3.38. The van der Waals surface area contributed by atoms with Crippen molar-refractivity contribution in [1.82, 2.24) is 0 Å². The summed E-state index contributed by atoms with van der Waals surface area (Å²) in [4.78, 5) is 0. The minimum absolute atomic E-state index is 0. The van der Waals surface area contributed by atoms with Crippen LogP contribution in [0.25, 0.3) is 0 Å². The first-order valence-electron chi connectivity index (χ1n) is 3.62. The zero-order valence-corrected chi connectivity index (χ0v) is 11.7. The van der Waals surface area contributed by atoms with Crippen molar-refractivity contribution in [2.45, 2.75) is 13.8 Å². The molecule has 0 radical (unpaired) electrons. The van der Waals surface area contributed by atoms with Crippen molar-refractivity contribution in [3.8, 4) is 0 Å². The predicted molar refractivity (Wildman–Crippen MR) is 53.7 cm³/mol. The van der Waals surface area contributed by atoms with Gasteiger partial charge in [-0.05, 0) is 0 Å². The second kappa shape index (κ2) is 9.21. The van der Waals surface area contributed by atoms with E-state index in [9.17, 15) is 0 Å². The van der Waals surface area contributed by atoms with E-state index in [0.717, 1.165) is 11.1 Å². The largest absolute Gasteiger partial charge is 1.00 e. The summed E-state index contributed by atoms with van der Waals surface area (Å²) in [7, 11) is 0. The zero-order chi connectivity index (χ0) is 8.69. The van der Waals surface area contributed by atoms with Crippen LogP contribution in [0.1, 0.15) is 13.8 Å². The van der Waals surface area contributed by atoms with E-state index >= 15 is 0 Å². The van der Waals surface area contributed by atoms with Crippen molar-refractivity contribution >= 4 is 22.9 Å². The Kier molecular flexibility index (Phi) is 11.2. The van der Waals surface area contributed by atoms with E-state index < -0.39 is 22.9 Å². The topological polar surface area (TPSA) is 0 Å². The van der Waals surface area contributed by atoms with Crippen LogP contribution in [-0.2, 0) is 0 Å². The molecule has 0 bridgehead atoms. The van der Waals surface area contributed by atoms with E-state index in [-0.39, 0.29) is 12.4 Å². The third-order valence-electron chi connectivity index (χ3n) is 0.984. The molecule has 0 rings (SSSR count). The third kappa shape index (κ3) is 12.8. The van der Waals surface area contributed by atoms with Gasteiger partial charge in [0.1, 0.15) is 0 Å². The Bertz CT molecular complexity index is 180. The molecule has 0 aromatic rings. The molecule has 0 aliphatic rings. The van der Waals surface area contributed by atoms with Gasteiger partial charge in [-0.1, -0.05) is 0 Å². The van der Waals surface area contributed by atoms with Crippen molar-refractivity contribution in [3.63, 3.8) is 0 Å². The summed E-state index contributed by atoms with van der Waals surface area (Å²) >= 11 is -0.567. The van der Waals surface area contributed by atoms with Gasteiger partial charge in [0, 0.05) is 0 Å². The van der Waals surface area contributed by atoms with Gasteiger partial charge in [0.15, 0.2) is 0 Å². The van der Waals surface area contributed by atoms with Gasteiger partial charge >= 0.3 is 80.9 Å². The van der Waals surface area contributed by atoms with E-state index in [4.69, 9.17) is 0 Å². The average molecular weight is 284 g/mol. The monoisotopic (exact) mass is 284 g/mol. The van der Waals surface area contributed by atoms with Crippen molar-refractivity contribution in [2.75, 3.05) is 0 Å². The van der Waals surface area contributed by atoms with Gasteiger partial charge < -0.3 is 12.4 Å². The van der Waals surface area contributed by atoms with Gasteiger partial charge in [0.25, 0.3) is 0 Å². The minimum atomic E-state index is -0.567. The maximum Gasteiger partial charge on any atom is -1.00 e. The van der Waals surface area contributed by atoms with Gasteiger partial charge in [-0.25, -0.2) is 0 Å². The molecule has 12 heavy (non-hydrogen) atoms. The molecular formula is C10H14ClIn. The first-order chi connectivity index (χ1) is 5.13. The second-order valence-corrected chi connectivity index (χ2v) is 5.90. The second-order valence-electron chi connectivity index (χ2n) is 2.60. The Labute approximate surface area is 92.9 Å². The average Bonchev–Trinajstić information content (AvgIpc) is 1.85. The van der Waals surface area contributed by atoms with Crippen LogP contribution in [0, 0.1) is 0 Å². The third-order valence-corrected chi connectivity index (χ3v) is 3.35. The number of allylic oxidation sites excluding steroid dienone is 4. The van der Waals surface area contributed by atoms with Crippen molar-refractivity contribution < 1.29 is 12.4 Å². The summed E-state index contributed by atoms with van der Waals surface area (Å²) in [5, 5.41) is 0. The molecular weight excluding hydrogens is 270 g/mol. The summed E-state index contributed by atoms with van der Waals surface area (Å²) in [5.41, 5.74) is 2.28. The fourth-order valence-electron chi connectivity index (χ4n) is 0.504. The molecule has 0 heterocycles. The molecule has 0 N–H and O–H groups in total. The zero-order valence-electron chi connectivity index (χ0n) is 7.68. The molecule has 0 atom stereocenters. The van der Waals surface area contributed by atoms with Crippen molar-refractivity contribution in [1.29, 1.82) is 0 Å². The molecule has 0 spiro atoms. The van der Waals surface area contributed by atoms with E-state index in [2.05, 4.69) is 33.0 Å². The minimum Gasteiger partial charge on any atom is -1.00 e. The molecule has 0 aromatic carbocycles. The molecule has 0 aliphatic heterocycles. The van der Waals surface area contributed by atoms with Gasteiger partial charge in [0.2, 0.25) is 0 Å². The molecule has 0 fully saturated rings. The molecule has 64 valence electrons. The summed E-state index contributed by atoms with van der Waals surface area (Å²) < 4.78 is 4.55. The Morgan fingerprint density at radius 3 is 1.58 bits per heavy atom. The summed E-state index contributed by atoms with van der Waals surface area (Å²) in [6.07, 6.45) is 4.20. The van der Waals surface area contributed by atoms with E-state index in [1.807, 2.05) is 13.8 Å². The van der Waals surface area contributed by atoms with Crippen molar-refractivity contribution in [3.05, 3.63) is 44.1 Å². The van der Waals surface area contributed by atoms with Gasteiger partial charge in [-0.2, -0.15) is 0 Å². The molecule has 2 heteroatoms. The van der Waals surface area contributed by atoms with Gasteiger partial charge in [-0.3, -0.25) is 0 Å². The van der Waals surface area contributed by atoms with Crippen LogP contribution < -0.4 is 12.4 Å². The van der Waals surface area contributed by atoms with Crippen LogP contribution in [0.4, 0.5) is 0 Å². The number of rotatable bonds is 4. The number of hydrogen-bond acceptors (Lipinski definition) is 0. The van der Waals surface area contributed by atoms with E-state index in [1.54, 1.807) is 0 Å². The molecule has 0 saturated carbocycles. The van der Waals surface area contributed by atoms with Crippen LogP contribution in [0.2, 0.25) is 0 Å². The summed E-state index contributed by atoms with van der Waals surface area (Å²) in [6.45, 7) is 11.6. The predicted octanol–water partition coefficient (Wildman–Crippen LogP) is -0.126. The Balaban J connectivity index is 0. The van der Waals surface area contributed by atoms with Gasteiger partial charge in [0.05, 0.1) is 0 Å². The quantitative estimate of drug-likeness (QED) is 0.631.